The van der Waals surface area contributed by atoms with E-state index in [4.69, 9.17) is 4.74 Å². The highest BCUT2D eigenvalue weighted by Crippen LogP contribution is 2.24. The summed E-state index contributed by atoms with van der Waals surface area (Å²) >= 11 is 0. The van der Waals surface area contributed by atoms with E-state index < -0.39 is 0 Å². The molecule has 0 atom stereocenters. The maximum absolute atomic E-state index is 12.5. The Balaban J connectivity index is 1.35. The van der Waals surface area contributed by atoms with Crippen molar-refractivity contribution in [1.29, 1.82) is 0 Å². The highest BCUT2D eigenvalue weighted by Gasteiger charge is 2.15. The van der Waals surface area contributed by atoms with Gasteiger partial charge in [-0.05, 0) is 30.5 Å². The monoisotopic (exact) mass is 369 g/mol. The molecule has 2 heterocycles. The van der Waals surface area contributed by atoms with Crippen LogP contribution in [0.5, 0.6) is 5.75 Å². The minimum absolute atomic E-state index is 0.194. The maximum atomic E-state index is 12.5. The van der Waals surface area contributed by atoms with E-state index in [0.29, 0.717) is 11.4 Å². The van der Waals surface area contributed by atoms with Crippen LogP contribution in [-0.2, 0) is 0 Å². The van der Waals surface area contributed by atoms with Gasteiger partial charge in [0.1, 0.15) is 23.7 Å². The second kappa shape index (κ2) is 7.85. The van der Waals surface area contributed by atoms with Gasteiger partial charge in [-0.1, -0.05) is 54.3 Å². The molecule has 0 bridgehead atoms. The Bertz CT molecular complexity index is 1210. The number of carbonyl (C=O) groups is 1. The van der Waals surface area contributed by atoms with E-state index in [9.17, 15) is 4.79 Å². The SMILES string of the molecule is Cc1nc2ccccn2c1C(=O)NCC#CCOc1cccc2ccccc12. The Morgan fingerprint density at radius 1 is 1.07 bits per heavy atom. The van der Waals surface area contributed by atoms with Crippen LogP contribution in [-0.4, -0.2) is 28.4 Å². The predicted molar refractivity (Wildman–Crippen MR) is 109 cm³/mol. The van der Waals surface area contributed by atoms with Crippen molar-refractivity contribution in [3.63, 3.8) is 0 Å². The zero-order chi connectivity index (χ0) is 19.3. The number of amides is 1. The van der Waals surface area contributed by atoms with Gasteiger partial charge in [-0.2, -0.15) is 0 Å². The van der Waals surface area contributed by atoms with Crippen molar-refractivity contribution in [2.24, 2.45) is 0 Å². The van der Waals surface area contributed by atoms with Crippen LogP contribution in [0.15, 0.2) is 66.9 Å². The number of hydrogen-bond donors (Lipinski definition) is 1. The van der Waals surface area contributed by atoms with Gasteiger partial charge >= 0.3 is 0 Å². The molecule has 0 aliphatic rings. The van der Waals surface area contributed by atoms with Crippen LogP contribution < -0.4 is 10.1 Å². The number of nitrogens with zero attached hydrogens (tertiary/aromatic N) is 2. The third kappa shape index (κ3) is 3.53. The zero-order valence-electron chi connectivity index (χ0n) is 15.5. The van der Waals surface area contributed by atoms with E-state index in [-0.39, 0.29) is 19.1 Å². The molecule has 138 valence electrons. The highest BCUT2D eigenvalue weighted by atomic mass is 16.5. The zero-order valence-corrected chi connectivity index (χ0v) is 15.5. The van der Waals surface area contributed by atoms with Crippen molar-refractivity contribution in [2.45, 2.75) is 6.92 Å². The van der Waals surface area contributed by atoms with E-state index in [0.717, 1.165) is 22.2 Å². The molecule has 1 amide bonds. The summed E-state index contributed by atoms with van der Waals surface area (Å²) in [6.45, 7) is 2.33. The number of fused-ring (bicyclic) bond motifs is 2. The fourth-order valence-corrected chi connectivity index (χ4v) is 3.14. The lowest BCUT2D eigenvalue weighted by atomic mass is 10.1. The van der Waals surface area contributed by atoms with Gasteiger partial charge in [0.15, 0.2) is 0 Å². The number of benzene rings is 2. The molecule has 4 aromatic rings. The molecule has 0 aliphatic carbocycles. The smallest absolute Gasteiger partial charge is 0.270 e. The predicted octanol–water partition coefficient (Wildman–Crippen LogP) is 3.61. The van der Waals surface area contributed by atoms with Crippen molar-refractivity contribution in [1.82, 2.24) is 14.7 Å². The molecule has 0 spiro atoms. The van der Waals surface area contributed by atoms with E-state index in [1.165, 1.54) is 0 Å². The van der Waals surface area contributed by atoms with Crippen molar-refractivity contribution >= 4 is 22.3 Å². The number of ether oxygens (including phenoxy) is 1. The topological polar surface area (TPSA) is 55.6 Å². The number of aryl methyl sites for hydroxylation is 1. The normalized spacial score (nSPS) is 10.5. The van der Waals surface area contributed by atoms with Gasteiger partial charge < -0.3 is 10.1 Å². The van der Waals surface area contributed by atoms with E-state index in [1.54, 1.807) is 4.40 Å². The van der Waals surface area contributed by atoms with Gasteiger partial charge in [0.25, 0.3) is 5.91 Å². The first-order valence-corrected chi connectivity index (χ1v) is 9.02. The van der Waals surface area contributed by atoms with Crippen LogP contribution in [0.25, 0.3) is 16.4 Å². The van der Waals surface area contributed by atoms with Gasteiger partial charge in [-0.25, -0.2) is 4.98 Å². The van der Waals surface area contributed by atoms with Crippen LogP contribution in [0.1, 0.15) is 16.2 Å². The molecule has 5 heteroatoms. The highest BCUT2D eigenvalue weighted by molar-refractivity contribution is 5.94. The minimum atomic E-state index is -0.194. The molecule has 0 saturated heterocycles. The van der Waals surface area contributed by atoms with E-state index in [1.807, 2.05) is 73.8 Å². The lowest BCUT2D eigenvalue weighted by molar-refractivity contribution is 0.0952. The average Bonchev–Trinajstić information content (AvgIpc) is 3.06. The van der Waals surface area contributed by atoms with Crippen LogP contribution in [0.2, 0.25) is 0 Å². The van der Waals surface area contributed by atoms with E-state index >= 15 is 0 Å². The second-order valence-electron chi connectivity index (χ2n) is 6.28. The molecule has 2 aromatic heterocycles. The summed E-state index contributed by atoms with van der Waals surface area (Å²) < 4.78 is 7.55. The van der Waals surface area contributed by atoms with Gasteiger partial charge in [0, 0.05) is 11.6 Å². The summed E-state index contributed by atoms with van der Waals surface area (Å²) in [4.78, 5) is 16.9. The lowest BCUT2D eigenvalue weighted by Crippen LogP contribution is -2.25. The molecule has 4 rings (SSSR count). The maximum Gasteiger partial charge on any atom is 0.270 e. The first-order valence-electron chi connectivity index (χ1n) is 9.02. The third-order valence-corrected chi connectivity index (χ3v) is 4.43. The molecule has 0 fully saturated rings. The number of rotatable bonds is 4. The summed E-state index contributed by atoms with van der Waals surface area (Å²) in [5.74, 6) is 6.48. The summed E-state index contributed by atoms with van der Waals surface area (Å²) in [5.41, 5.74) is 1.97. The molecular weight excluding hydrogens is 350 g/mol. The molecule has 2 aromatic carbocycles. The molecule has 0 aliphatic heterocycles. The summed E-state index contributed by atoms with van der Waals surface area (Å²) in [6.07, 6.45) is 1.83. The standard InChI is InChI=1S/C23H19N3O2/c1-17-22(26-15-6-4-13-21(26)25-17)23(27)24-14-5-7-16-28-20-12-8-10-18-9-2-3-11-19(18)20/h2-4,6,8-13,15H,14,16H2,1H3,(H,24,27). The van der Waals surface area contributed by atoms with Crippen molar-refractivity contribution in [2.75, 3.05) is 13.2 Å². The van der Waals surface area contributed by atoms with Crippen molar-refractivity contribution in [3.05, 3.63) is 78.2 Å². The molecule has 28 heavy (non-hydrogen) atoms. The van der Waals surface area contributed by atoms with Gasteiger partial charge in [0.05, 0.1) is 12.2 Å². The number of hydrogen-bond acceptors (Lipinski definition) is 3. The molecule has 0 radical (unpaired) electrons. The molecule has 5 nitrogen and oxygen atoms in total. The Labute approximate surface area is 163 Å². The Morgan fingerprint density at radius 2 is 1.89 bits per heavy atom. The van der Waals surface area contributed by atoms with Crippen LogP contribution in [0.4, 0.5) is 0 Å². The minimum Gasteiger partial charge on any atom is -0.480 e. The van der Waals surface area contributed by atoms with Gasteiger partial charge in [-0.15, -0.1) is 0 Å². The van der Waals surface area contributed by atoms with Crippen LogP contribution in [0.3, 0.4) is 0 Å². The van der Waals surface area contributed by atoms with Crippen LogP contribution in [0, 0.1) is 18.8 Å². The first kappa shape index (κ1) is 17.6. The molecular formula is C23H19N3O2. The third-order valence-electron chi connectivity index (χ3n) is 4.43. The van der Waals surface area contributed by atoms with Gasteiger partial charge in [0.2, 0.25) is 0 Å². The van der Waals surface area contributed by atoms with Crippen LogP contribution >= 0.6 is 0 Å². The second-order valence-corrected chi connectivity index (χ2v) is 6.28. The number of pyridine rings is 1. The fourth-order valence-electron chi connectivity index (χ4n) is 3.14. The molecule has 0 saturated carbocycles. The molecule has 1 N–H and O–H groups in total. The van der Waals surface area contributed by atoms with E-state index in [2.05, 4.69) is 22.1 Å². The van der Waals surface area contributed by atoms with Gasteiger partial charge in [-0.3, -0.25) is 9.20 Å². The summed E-state index contributed by atoms with van der Waals surface area (Å²) in [5, 5.41) is 5.00. The summed E-state index contributed by atoms with van der Waals surface area (Å²) in [7, 11) is 0. The fraction of sp³-hybridized carbons (Fsp3) is 0.130. The quantitative estimate of drug-likeness (QED) is 0.559. The number of nitrogens with one attached hydrogen (secondary N) is 1. The Hall–Kier alpha value is -3.78. The number of carbonyl (C=O) groups excluding carboxylic acids is 1. The number of imidazole rings is 1. The number of aromatic nitrogens is 2. The first-order chi connectivity index (χ1) is 13.7. The molecule has 0 unspecified atom stereocenters. The Morgan fingerprint density at radius 3 is 2.82 bits per heavy atom. The largest absolute Gasteiger partial charge is 0.480 e. The lowest BCUT2D eigenvalue weighted by Gasteiger charge is -2.06. The van der Waals surface area contributed by atoms with Crippen molar-refractivity contribution in [3.8, 4) is 17.6 Å². The summed E-state index contributed by atoms with van der Waals surface area (Å²) in [6, 6.07) is 19.6. The van der Waals surface area contributed by atoms with Crippen molar-refractivity contribution < 1.29 is 9.53 Å². The average molecular weight is 369 g/mol. The Kier molecular flexibility index (Phi) is 4.94.